The van der Waals surface area contributed by atoms with Crippen LogP contribution in [-0.2, 0) is 0 Å². The Hall–Kier alpha value is -1.94. The van der Waals surface area contributed by atoms with Crippen LogP contribution in [0.25, 0.3) is 0 Å². The van der Waals surface area contributed by atoms with E-state index in [4.69, 9.17) is 16.3 Å². The van der Waals surface area contributed by atoms with Crippen LogP contribution in [0.3, 0.4) is 0 Å². The van der Waals surface area contributed by atoms with Crippen LogP contribution < -0.4 is 4.74 Å². The fourth-order valence-electron chi connectivity index (χ4n) is 1.72. The Morgan fingerprint density at radius 2 is 1.80 bits per heavy atom. The van der Waals surface area contributed by atoms with Crippen LogP contribution in [0.15, 0.2) is 30.3 Å². The molecule has 2 nitrogen and oxygen atoms in total. The molecule has 0 unspecified atom stereocenters. The molecule has 0 aliphatic rings. The van der Waals surface area contributed by atoms with Gasteiger partial charge in [0.1, 0.15) is 22.9 Å². The number of rotatable bonds is 2. The number of carbonyl (C=O) groups is 1. The molecule has 2 aromatic rings. The second-order valence-electron chi connectivity index (χ2n) is 4.35. The molecule has 0 fully saturated rings. The normalized spacial score (nSPS) is 10.4. The monoisotopic (exact) mass is 296 g/mol. The second kappa shape index (κ2) is 5.59. The molecule has 0 aliphatic carbocycles. The highest BCUT2D eigenvalue weighted by Crippen LogP contribution is 2.24. The van der Waals surface area contributed by atoms with Gasteiger partial charge in [-0.3, -0.25) is 0 Å². The zero-order valence-corrected chi connectivity index (χ0v) is 11.6. The smallest absolute Gasteiger partial charge is 0.349 e. The van der Waals surface area contributed by atoms with Crippen molar-refractivity contribution >= 4 is 17.6 Å². The van der Waals surface area contributed by atoms with Crippen molar-refractivity contribution in [3.05, 3.63) is 63.7 Å². The largest absolute Gasteiger partial charge is 0.422 e. The molecule has 0 aromatic heterocycles. The Labute approximate surface area is 119 Å². The standard InChI is InChI=1S/C15H11ClF2O2/c1-8-3-5-11(17)13(14(8)18)15(19)20-12-6-4-10(16)7-9(12)2/h3-7H,1-2H3. The minimum absolute atomic E-state index is 0.172. The van der Waals surface area contributed by atoms with E-state index in [-0.39, 0.29) is 11.3 Å². The van der Waals surface area contributed by atoms with Gasteiger partial charge >= 0.3 is 5.97 Å². The van der Waals surface area contributed by atoms with Gasteiger partial charge in [-0.1, -0.05) is 17.7 Å². The first-order valence-electron chi connectivity index (χ1n) is 5.83. The molecule has 5 heteroatoms. The van der Waals surface area contributed by atoms with Gasteiger partial charge in [0.15, 0.2) is 0 Å². The zero-order valence-electron chi connectivity index (χ0n) is 10.8. The summed E-state index contributed by atoms with van der Waals surface area (Å²) < 4.78 is 32.4. The summed E-state index contributed by atoms with van der Waals surface area (Å²) >= 11 is 5.78. The van der Waals surface area contributed by atoms with Crippen molar-refractivity contribution in [1.82, 2.24) is 0 Å². The van der Waals surface area contributed by atoms with Crippen LogP contribution in [0.5, 0.6) is 5.75 Å². The maximum Gasteiger partial charge on any atom is 0.349 e. The molecular weight excluding hydrogens is 286 g/mol. The highest BCUT2D eigenvalue weighted by molar-refractivity contribution is 6.30. The first-order chi connectivity index (χ1) is 9.40. The average molecular weight is 297 g/mol. The van der Waals surface area contributed by atoms with Gasteiger partial charge in [-0.25, -0.2) is 13.6 Å². The first kappa shape index (κ1) is 14.5. The van der Waals surface area contributed by atoms with Gasteiger partial charge in [-0.15, -0.1) is 0 Å². The van der Waals surface area contributed by atoms with Crippen molar-refractivity contribution in [1.29, 1.82) is 0 Å². The van der Waals surface area contributed by atoms with Gasteiger partial charge < -0.3 is 4.74 Å². The zero-order chi connectivity index (χ0) is 14.9. The maximum absolute atomic E-state index is 13.8. The molecule has 0 bridgehead atoms. The average Bonchev–Trinajstić information content (AvgIpc) is 2.38. The molecular formula is C15H11ClF2O2. The fraction of sp³-hybridized carbons (Fsp3) is 0.133. The van der Waals surface area contributed by atoms with E-state index in [0.717, 1.165) is 6.07 Å². The lowest BCUT2D eigenvalue weighted by Gasteiger charge is -2.09. The predicted molar refractivity (Wildman–Crippen MR) is 72.2 cm³/mol. The van der Waals surface area contributed by atoms with Gasteiger partial charge in [0.05, 0.1) is 0 Å². The van der Waals surface area contributed by atoms with Crippen LogP contribution in [0.4, 0.5) is 8.78 Å². The summed E-state index contributed by atoms with van der Waals surface area (Å²) in [4.78, 5) is 11.9. The molecule has 2 rings (SSSR count). The van der Waals surface area contributed by atoms with E-state index in [1.165, 1.54) is 25.1 Å². The lowest BCUT2D eigenvalue weighted by atomic mass is 10.1. The van der Waals surface area contributed by atoms with E-state index in [0.29, 0.717) is 10.6 Å². The van der Waals surface area contributed by atoms with Crippen molar-refractivity contribution in [2.75, 3.05) is 0 Å². The maximum atomic E-state index is 13.8. The van der Waals surface area contributed by atoms with Crippen LogP contribution in [0.1, 0.15) is 21.5 Å². The number of carbonyl (C=O) groups excluding carboxylic acids is 1. The summed E-state index contributed by atoms with van der Waals surface area (Å²) in [5.41, 5.74) is 0.0739. The molecule has 0 N–H and O–H groups in total. The summed E-state index contributed by atoms with van der Waals surface area (Å²) in [6, 6.07) is 6.88. The van der Waals surface area contributed by atoms with E-state index in [9.17, 15) is 13.6 Å². The van der Waals surface area contributed by atoms with Crippen molar-refractivity contribution in [3.8, 4) is 5.75 Å². The highest BCUT2D eigenvalue weighted by Gasteiger charge is 2.21. The second-order valence-corrected chi connectivity index (χ2v) is 4.79. The Morgan fingerprint density at radius 1 is 1.10 bits per heavy atom. The number of hydrogen-bond donors (Lipinski definition) is 0. The number of benzene rings is 2. The SMILES string of the molecule is Cc1cc(Cl)ccc1OC(=O)c1c(F)ccc(C)c1F. The molecule has 0 atom stereocenters. The third kappa shape index (κ3) is 2.80. The van der Waals surface area contributed by atoms with Gasteiger partial charge in [-0.05, 0) is 49.2 Å². The Kier molecular flexibility index (Phi) is 4.04. The predicted octanol–water partition coefficient (Wildman–Crippen LogP) is 4.45. The van der Waals surface area contributed by atoms with Gasteiger partial charge in [0, 0.05) is 5.02 Å². The van der Waals surface area contributed by atoms with Crippen LogP contribution in [-0.4, -0.2) is 5.97 Å². The van der Waals surface area contributed by atoms with Gasteiger partial charge in [0.2, 0.25) is 0 Å². The van der Waals surface area contributed by atoms with Crippen LogP contribution >= 0.6 is 11.6 Å². The summed E-state index contributed by atoms with van der Waals surface area (Å²) in [5.74, 6) is -2.74. The van der Waals surface area contributed by atoms with E-state index in [1.54, 1.807) is 13.0 Å². The molecule has 0 spiro atoms. The molecule has 0 saturated heterocycles. The lowest BCUT2D eigenvalue weighted by Crippen LogP contribution is -2.14. The molecule has 0 aliphatic heterocycles. The molecule has 20 heavy (non-hydrogen) atoms. The van der Waals surface area contributed by atoms with Crippen LogP contribution in [0.2, 0.25) is 5.02 Å². The number of esters is 1. The minimum Gasteiger partial charge on any atom is -0.422 e. The summed E-state index contributed by atoms with van der Waals surface area (Å²) in [6.07, 6.45) is 0. The topological polar surface area (TPSA) is 26.3 Å². The Balaban J connectivity index is 2.36. The third-order valence-electron chi connectivity index (χ3n) is 2.83. The molecule has 0 radical (unpaired) electrons. The number of halogens is 3. The molecule has 0 amide bonds. The summed E-state index contributed by atoms with van der Waals surface area (Å²) in [6.45, 7) is 3.12. The van der Waals surface area contributed by atoms with Crippen molar-refractivity contribution in [3.63, 3.8) is 0 Å². The van der Waals surface area contributed by atoms with E-state index < -0.39 is 23.2 Å². The number of ether oxygens (including phenoxy) is 1. The Bertz CT molecular complexity index is 684. The van der Waals surface area contributed by atoms with Gasteiger partial charge in [0.25, 0.3) is 0 Å². The molecule has 0 heterocycles. The quantitative estimate of drug-likeness (QED) is 0.604. The minimum atomic E-state index is -1.07. The number of hydrogen-bond acceptors (Lipinski definition) is 2. The van der Waals surface area contributed by atoms with E-state index >= 15 is 0 Å². The molecule has 0 saturated carbocycles. The third-order valence-corrected chi connectivity index (χ3v) is 3.06. The first-order valence-corrected chi connectivity index (χ1v) is 6.21. The summed E-state index contributed by atoms with van der Waals surface area (Å²) in [7, 11) is 0. The lowest BCUT2D eigenvalue weighted by molar-refractivity contribution is 0.0723. The fourth-order valence-corrected chi connectivity index (χ4v) is 1.95. The van der Waals surface area contributed by atoms with Crippen LogP contribution in [0, 0.1) is 25.5 Å². The number of aryl methyl sites for hydroxylation is 2. The summed E-state index contributed by atoms with van der Waals surface area (Å²) in [5, 5.41) is 0.482. The van der Waals surface area contributed by atoms with Crippen molar-refractivity contribution in [2.24, 2.45) is 0 Å². The van der Waals surface area contributed by atoms with Crippen molar-refractivity contribution in [2.45, 2.75) is 13.8 Å². The van der Waals surface area contributed by atoms with Gasteiger partial charge in [-0.2, -0.15) is 0 Å². The van der Waals surface area contributed by atoms with E-state index in [1.807, 2.05) is 0 Å². The molecule has 104 valence electrons. The van der Waals surface area contributed by atoms with E-state index in [2.05, 4.69) is 0 Å². The Morgan fingerprint density at radius 3 is 2.45 bits per heavy atom. The van der Waals surface area contributed by atoms with Crippen molar-refractivity contribution < 1.29 is 18.3 Å². The highest BCUT2D eigenvalue weighted by atomic mass is 35.5. The molecule has 2 aromatic carbocycles.